The maximum Gasteiger partial charge on any atom is 0.573 e. The molecule has 0 aliphatic heterocycles. The van der Waals surface area contributed by atoms with Crippen molar-refractivity contribution in [2.45, 2.75) is 19.8 Å². The Balaban J connectivity index is 3.14. The van der Waals surface area contributed by atoms with E-state index in [1.165, 1.54) is 6.92 Å². The van der Waals surface area contributed by atoms with Crippen molar-refractivity contribution < 1.29 is 23.0 Å². The van der Waals surface area contributed by atoms with Crippen LogP contribution in [0.15, 0.2) is 6.20 Å². The first-order chi connectivity index (χ1) is 6.85. The van der Waals surface area contributed by atoms with E-state index in [1.807, 2.05) is 0 Å². The van der Waals surface area contributed by atoms with Crippen LogP contribution >= 0.6 is 0 Å². The fourth-order valence-corrected chi connectivity index (χ4v) is 1.04. The minimum atomic E-state index is -4.83. The number of alkyl halides is 3. The predicted molar refractivity (Wildman–Crippen MR) is 45.2 cm³/mol. The third-order valence-electron chi connectivity index (χ3n) is 1.73. The molecular weight excluding hydrogens is 213 g/mol. The summed E-state index contributed by atoms with van der Waals surface area (Å²) in [6, 6.07) is 0. The van der Waals surface area contributed by atoms with E-state index in [2.05, 4.69) is 9.72 Å². The van der Waals surface area contributed by atoms with Gasteiger partial charge in [-0.3, -0.25) is 4.98 Å². The van der Waals surface area contributed by atoms with Gasteiger partial charge in [0.25, 0.3) is 0 Å². The Kier molecular flexibility index (Phi) is 3.04. The molecule has 15 heavy (non-hydrogen) atoms. The van der Waals surface area contributed by atoms with E-state index in [0.29, 0.717) is 0 Å². The van der Waals surface area contributed by atoms with E-state index in [9.17, 15) is 18.3 Å². The molecule has 1 aromatic rings. The van der Waals surface area contributed by atoms with Crippen LogP contribution in [-0.2, 0) is 6.54 Å². The summed E-state index contributed by atoms with van der Waals surface area (Å²) < 4.78 is 39.4. The van der Waals surface area contributed by atoms with Gasteiger partial charge in [-0.25, -0.2) is 0 Å². The molecule has 0 fully saturated rings. The molecule has 84 valence electrons. The van der Waals surface area contributed by atoms with Crippen molar-refractivity contribution in [3.63, 3.8) is 0 Å². The summed E-state index contributed by atoms with van der Waals surface area (Å²) >= 11 is 0. The van der Waals surface area contributed by atoms with Crippen LogP contribution in [0.2, 0.25) is 0 Å². The molecule has 1 heterocycles. The van der Waals surface area contributed by atoms with Crippen molar-refractivity contribution in [1.29, 1.82) is 0 Å². The summed E-state index contributed by atoms with van der Waals surface area (Å²) in [5.74, 6) is -0.952. The van der Waals surface area contributed by atoms with Crippen LogP contribution in [0.4, 0.5) is 13.2 Å². The summed E-state index contributed by atoms with van der Waals surface area (Å²) in [7, 11) is 0. The Bertz CT molecular complexity index is 366. The van der Waals surface area contributed by atoms with E-state index < -0.39 is 12.1 Å². The molecule has 0 atom stereocenters. The highest BCUT2D eigenvalue weighted by Crippen LogP contribution is 2.32. The van der Waals surface area contributed by atoms with E-state index in [1.54, 1.807) is 0 Å². The van der Waals surface area contributed by atoms with Gasteiger partial charge in [-0.1, -0.05) is 0 Å². The first-order valence-corrected chi connectivity index (χ1v) is 3.98. The quantitative estimate of drug-likeness (QED) is 0.794. The number of ether oxygens (including phenoxy) is 1. The minimum absolute atomic E-state index is 0.111. The standard InChI is InChI=1S/C8H9F3N2O2/c1-4-7(14)5(2-12)6(3-13-4)15-8(9,10)11/h3,14H,2,12H2,1H3. The molecule has 1 aromatic heterocycles. The molecule has 4 nitrogen and oxygen atoms in total. The fraction of sp³-hybridized carbons (Fsp3) is 0.375. The smallest absolute Gasteiger partial charge is 0.506 e. The Hall–Kier alpha value is -1.50. The van der Waals surface area contributed by atoms with E-state index in [4.69, 9.17) is 5.73 Å². The van der Waals surface area contributed by atoms with Crippen molar-refractivity contribution >= 4 is 0 Å². The van der Waals surface area contributed by atoms with E-state index in [-0.39, 0.29) is 23.6 Å². The number of aromatic nitrogens is 1. The third kappa shape index (κ3) is 2.72. The molecular formula is C8H9F3N2O2. The number of aromatic hydroxyl groups is 1. The molecule has 0 radical (unpaired) electrons. The highest BCUT2D eigenvalue weighted by molar-refractivity contribution is 5.44. The SMILES string of the molecule is Cc1ncc(OC(F)(F)F)c(CN)c1O. The highest BCUT2D eigenvalue weighted by atomic mass is 19.4. The van der Waals surface area contributed by atoms with E-state index >= 15 is 0 Å². The van der Waals surface area contributed by atoms with Gasteiger partial charge in [0.05, 0.1) is 17.5 Å². The maximum atomic E-state index is 11.9. The second-order valence-electron chi connectivity index (χ2n) is 2.79. The Morgan fingerprint density at radius 2 is 2.13 bits per heavy atom. The predicted octanol–water partition coefficient (Wildman–Crippen LogP) is 1.45. The molecule has 1 rings (SSSR count). The molecule has 0 unspecified atom stereocenters. The number of halogens is 3. The number of rotatable bonds is 2. The summed E-state index contributed by atoms with van der Waals surface area (Å²) in [5, 5.41) is 9.39. The van der Waals surface area contributed by atoms with Crippen LogP contribution in [0.5, 0.6) is 11.5 Å². The van der Waals surface area contributed by atoms with Crippen LogP contribution < -0.4 is 10.5 Å². The lowest BCUT2D eigenvalue weighted by Crippen LogP contribution is -2.19. The van der Waals surface area contributed by atoms with Crippen molar-refractivity contribution in [3.05, 3.63) is 17.5 Å². The fourth-order valence-electron chi connectivity index (χ4n) is 1.04. The van der Waals surface area contributed by atoms with Gasteiger partial charge in [-0.15, -0.1) is 13.2 Å². The number of nitrogens with two attached hydrogens (primary N) is 1. The Morgan fingerprint density at radius 3 is 2.60 bits per heavy atom. The monoisotopic (exact) mass is 222 g/mol. The summed E-state index contributed by atoms with van der Waals surface area (Å²) in [5.41, 5.74) is 5.29. The Labute approximate surface area is 83.5 Å². The number of pyridine rings is 1. The van der Waals surface area contributed by atoms with Gasteiger partial charge < -0.3 is 15.6 Å². The lowest BCUT2D eigenvalue weighted by Gasteiger charge is -2.13. The summed E-state index contributed by atoms with van der Waals surface area (Å²) in [6.07, 6.45) is -3.95. The molecule has 3 N–H and O–H groups in total. The summed E-state index contributed by atoms with van der Waals surface area (Å²) in [6.45, 7) is 1.19. The van der Waals surface area contributed by atoms with Crippen molar-refractivity contribution in [1.82, 2.24) is 4.98 Å². The Morgan fingerprint density at radius 1 is 1.53 bits per heavy atom. The summed E-state index contributed by atoms with van der Waals surface area (Å²) in [4.78, 5) is 3.54. The topological polar surface area (TPSA) is 68.4 Å². The highest BCUT2D eigenvalue weighted by Gasteiger charge is 2.32. The normalized spacial score (nSPS) is 11.5. The van der Waals surface area contributed by atoms with Gasteiger partial charge in [0.2, 0.25) is 0 Å². The van der Waals surface area contributed by atoms with Gasteiger partial charge in [0.15, 0.2) is 5.75 Å². The van der Waals surface area contributed by atoms with Crippen molar-refractivity contribution in [3.8, 4) is 11.5 Å². The molecule has 7 heteroatoms. The molecule has 0 bridgehead atoms. The molecule has 0 saturated heterocycles. The molecule has 0 aliphatic rings. The first kappa shape index (κ1) is 11.6. The zero-order chi connectivity index (χ0) is 11.6. The van der Waals surface area contributed by atoms with Crippen LogP contribution in [0.3, 0.4) is 0 Å². The van der Waals surface area contributed by atoms with Gasteiger partial charge in [-0.2, -0.15) is 0 Å². The zero-order valence-electron chi connectivity index (χ0n) is 7.80. The molecule has 0 spiro atoms. The number of nitrogens with zero attached hydrogens (tertiary/aromatic N) is 1. The van der Waals surface area contributed by atoms with E-state index in [0.717, 1.165) is 6.20 Å². The zero-order valence-corrected chi connectivity index (χ0v) is 7.80. The van der Waals surface area contributed by atoms with Gasteiger partial charge in [0, 0.05) is 6.54 Å². The lowest BCUT2D eigenvalue weighted by atomic mass is 10.2. The van der Waals surface area contributed by atoms with Gasteiger partial charge >= 0.3 is 6.36 Å². The van der Waals surface area contributed by atoms with Gasteiger partial charge in [-0.05, 0) is 6.92 Å². The second kappa shape index (κ2) is 3.93. The van der Waals surface area contributed by atoms with Gasteiger partial charge in [0.1, 0.15) is 5.75 Å². The minimum Gasteiger partial charge on any atom is -0.506 e. The third-order valence-corrected chi connectivity index (χ3v) is 1.73. The lowest BCUT2D eigenvalue weighted by molar-refractivity contribution is -0.275. The van der Waals surface area contributed by atoms with Crippen LogP contribution in [-0.4, -0.2) is 16.5 Å². The maximum absolute atomic E-state index is 11.9. The van der Waals surface area contributed by atoms with Crippen LogP contribution in [0, 0.1) is 6.92 Å². The second-order valence-corrected chi connectivity index (χ2v) is 2.79. The largest absolute Gasteiger partial charge is 0.573 e. The molecule has 0 aliphatic carbocycles. The number of hydrogen-bond acceptors (Lipinski definition) is 4. The average molecular weight is 222 g/mol. The molecule has 0 aromatic carbocycles. The molecule has 0 amide bonds. The van der Waals surface area contributed by atoms with Crippen molar-refractivity contribution in [2.24, 2.45) is 5.73 Å². The average Bonchev–Trinajstić information content (AvgIpc) is 2.10. The van der Waals surface area contributed by atoms with Crippen molar-refractivity contribution in [2.75, 3.05) is 0 Å². The van der Waals surface area contributed by atoms with Crippen LogP contribution in [0.1, 0.15) is 11.3 Å². The molecule has 0 saturated carbocycles. The van der Waals surface area contributed by atoms with Crippen LogP contribution in [0.25, 0.3) is 0 Å². The first-order valence-electron chi connectivity index (χ1n) is 3.98. The number of aryl methyl sites for hydroxylation is 1. The number of hydrogen-bond donors (Lipinski definition) is 2.